The van der Waals surface area contributed by atoms with Gasteiger partial charge in [-0.2, -0.15) is 0 Å². The molecule has 1 aromatic rings. The number of rotatable bonds is 6. The second-order valence-electron chi connectivity index (χ2n) is 6.48. The number of amides is 3. The van der Waals surface area contributed by atoms with E-state index in [0.717, 1.165) is 31.2 Å². The Morgan fingerprint density at radius 2 is 1.96 bits per heavy atom. The quantitative estimate of drug-likeness (QED) is 0.621. The molecule has 1 aliphatic rings. The van der Waals surface area contributed by atoms with Crippen molar-refractivity contribution in [1.29, 1.82) is 0 Å². The predicted octanol–water partition coefficient (Wildman–Crippen LogP) is 1.34. The van der Waals surface area contributed by atoms with Crippen LogP contribution < -0.4 is 10.6 Å². The number of nitrogens with one attached hydrogen (secondary N) is 2. The van der Waals surface area contributed by atoms with Gasteiger partial charge in [0.25, 0.3) is 0 Å². The Morgan fingerprint density at radius 1 is 1.24 bits per heavy atom. The van der Waals surface area contributed by atoms with Gasteiger partial charge in [0.05, 0.1) is 6.10 Å². The molecule has 0 spiro atoms. The van der Waals surface area contributed by atoms with Crippen molar-refractivity contribution in [2.24, 2.45) is 0 Å². The second kappa shape index (κ2) is 9.39. The summed E-state index contributed by atoms with van der Waals surface area (Å²) in [5.41, 5.74) is 0.970. The van der Waals surface area contributed by atoms with Crippen LogP contribution in [0.1, 0.15) is 37.7 Å². The fourth-order valence-corrected chi connectivity index (χ4v) is 3.20. The summed E-state index contributed by atoms with van der Waals surface area (Å²) in [6.45, 7) is 1.13. The topological polar surface area (TPSA) is 102 Å². The number of nitrogens with zero attached hydrogens (tertiary/aromatic N) is 1. The first-order valence-corrected chi connectivity index (χ1v) is 8.69. The zero-order chi connectivity index (χ0) is 18.2. The molecule has 2 rings (SSSR count). The van der Waals surface area contributed by atoms with Crippen LogP contribution in [0.5, 0.6) is 5.75 Å². The Kier molecular flexibility index (Phi) is 7.21. The Hall–Kier alpha value is -2.12. The molecule has 7 heteroatoms. The molecule has 0 atom stereocenters. The zero-order valence-corrected chi connectivity index (χ0v) is 14.6. The molecular formula is C18H27N3O4. The number of imide groups is 1. The van der Waals surface area contributed by atoms with E-state index < -0.39 is 6.03 Å². The molecule has 4 N–H and O–H groups in total. The number of carbonyl (C=O) groups excluding carboxylic acids is 2. The fourth-order valence-electron chi connectivity index (χ4n) is 3.20. The lowest BCUT2D eigenvalue weighted by Gasteiger charge is -2.35. The molecule has 1 aromatic carbocycles. The fraction of sp³-hybridized carbons (Fsp3) is 0.556. The van der Waals surface area contributed by atoms with Gasteiger partial charge in [-0.3, -0.25) is 15.0 Å². The lowest BCUT2D eigenvalue weighted by molar-refractivity contribution is -0.120. The van der Waals surface area contributed by atoms with E-state index in [9.17, 15) is 19.8 Å². The summed E-state index contributed by atoms with van der Waals surface area (Å²) in [6, 6.07) is 6.85. The molecule has 0 saturated heterocycles. The normalized spacial score (nSPS) is 20.3. The maximum atomic E-state index is 11.9. The van der Waals surface area contributed by atoms with Gasteiger partial charge in [-0.1, -0.05) is 12.1 Å². The van der Waals surface area contributed by atoms with E-state index in [1.807, 2.05) is 6.07 Å². The van der Waals surface area contributed by atoms with E-state index in [1.165, 1.54) is 7.05 Å². The van der Waals surface area contributed by atoms with Gasteiger partial charge in [0, 0.05) is 32.6 Å². The highest BCUT2D eigenvalue weighted by Crippen LogP contribution is 2.25. The maximum absolute atomic E-state index is 11.9. The van der Waals surface area contributed by atoms with E-state index in [4.69, 9.17) is 0 Å². The van der Waals surface area contributed by atoms with Crippen molar-refractivity contribution in [3.8, 4) is 5.75 Å². The summed E-state index contributed by atoms with van der Waals surface area (Å²) in [5, 5.41) is 24.0. The molecule has 0 heterocycles. The molecule has 1 saturated carbocycles. The number of carbonyl (C=O) groups is 2. The minimum Gasteiger partial charge on any atom is -0.508 e. The van der Waals surface area contributed by atoms with Crippen molar-refractivity contribution < 1.29 is 19.8 Å². The van der Waals surface area contributed by atoms with Crippen LogP contribution >= 0.6 is 0 Å². The van der Waals surface area contributed by atoms with Crippen molar-refractivity contribution in [2.75, 3.05) is 13.6 Å². The number of phenolic OH excluding ortho intramolecular Hbond substituents is 1. The van der Waals surface area contributed by atoms with Crippen LogP contribution in [0, 0.1) is 0 Å². The first kappa shape index (κ1) is 19.2. The third-order valence-electron chi connectivity index (χ3n) is 4.58. The zero-order valence-electron chi connectivity index (χ0n) is 14.6. The minimum absolute atomic E-state index is 0.214. The van der Waals surface area contributed by atoms with E-state index in [2.05, 4.69) is 15.5 Å². The molecular weight excluding hydrogens is 322 g/mol. The minimum atomic E-state index is -0.509. The highest BCUT2D eigenvalue weighted by Gasteiger charge is 2.25. The molecule has 0 unspecified atom stereocenters. The summed E-state index contributed by atoms with van der Waals surface area (Å²) < 4.78 is 0. The summed E-state index contributed by atoms with van der Waals surface area (Å²) in [5.74, 6) is -0.107. The summed E-state index contributed by atoms with van der Waals surface area (Å²) in [7, 11) is 1.46. The third-order valence-corrected chi connectivity index (χ3v) is 4.58. The van der Waals surface area contributed by atoms with E-state index in [1.54, 1.807) is 18.2 Å². The molecule has 3 amide bonds. The van der Waals surface area contributed by atoms with Gasteiger partial charge in [-0.25, -0.2) is 4.79 Å². The van der Waals surface area contributed by atoms with Crippen LogP contribution in [0.15, 0.2) is 24.3 Å². The monoisotopic (exact) mass is 349 g/mol. The number of aromatic hydroxyl groups is 1. The molecule has 0 bridgehead atoms. The molecule has 138 valence electrons. The molecule has 0 aliphatic heterocycles. The number of hydrogen-bond acceptors (Lipinski definition) is 5. The first-order valence-electron chi connectivity index (χ1n) is 8.69. The van der Waals surface area contributed by atoms with Crippen molar-refractivity contribution in [2.45, 2.75) is 50.8 Å². The van der Waals surface area contributed by atoms with Crippen molar-refractivity contribution in [1.82, 2.24) is 15.5 Å². The van der Waals surface area contributed by atoms with Crippen LogP contribution in [-0.2, 0) is 11.3 Å². The number of aliphatic hydroxyl groups excluding tert-OH is 1. The van der Waals surface area contributed by atoms with Crippen molar-refractivity contribution in [3.05, 3.63) is 29.8 Å². The Balaban J connectivity index is 1.98. The molecule has 7 nitrogen and oxygen atoms in total. The van der Waals surface area contributed by atoms with Gasteiger partial charge in [0.2, 0.25) is 5.91 Å². The van der Waals surface area contributed by atoms with Gasteiger partial charge >= 0.3 is 6.03 Å². The highest BCUT2D eigenvalue weighted by atomic mass is 16.3. The van der Waals surface area contributed by atoms with Gasteiger partial charge in [0.1, 0.15) is 5.75 Å². The van der Waals surface area contributed by atoms with Crippen LogP contribution in [-0.4, -0.2) is 52.8 Å². The second-order valence-corrected chi connectivity index (χ2v) is 6.48. The molecule has 0 aromatic heterocycles. The number of urea groups is 1. The Morgan fingerprint density at radius 3 is 2.60 bits per heavy atom. The predicted molar refractivity (Wildman–Crippen MR) is 94.0 cm³/mol. The number of hydrogen-bond donors (Lipinski definition) is 4. The smallest absolute Gasteiger partial charge is 0.321 e. The molecule has 0 radical (unpaired) electrons. The van der Waals surface area contributed by atoms with Gasteiger partial charge in [-0.15, -0.1) is 0 Å². The summed E-state index contributed by atoms with van der Waals surface area (Å²) >= 11 is 0. The van der Waals surface area contributed by atoms with Crippen LogP contribution in [0.3, 0.4) is 0 Å². The average molecular weight is 349 g/mol. The van der Waals surface area contributed by atoms with Crippen molar-refractivity contribution >= 4 is 11.9 Å². The molecule has 1 fully saturated rings. The Bertz CT molecular complexity index is 585. The van der Waals surface area contributed by atoms with Crippen LogP contribution in [0.4, 0.5) is 4.79 Å². The lowest BCUT2D eigenvalue weighted by atomic mass is 9.91. The van der Waals surface area contributed by atoms with Crippen LogP contribution in [0.25, 0.3) is 0 Å². The standard InChI is InChI=1S/C18H27N3O4/c1-19-18(25)20-17(24)9-10-21(14-5-7-15(22)8-6-14)12-13-3-2-4-16(23)11-13/h2-4,11,14-15,22-23H,5-10,12H2,1H3,(H2,19,20,24,25). The van der Waals surface area contributed by atoms with E-state index in [-0.39, 0.29) is 30.2 Å². The van der Waals surface area contributed by atoms with Crippen LogP contribution in [0.2, 0.25) is 0 Å². The molecule has 25 heavy (non-hydrogen) atoms. The van der Waals surface area contributed by atoms with Gasteiger partial charge in [0.15, 0.2) is 0 Å². The maximum Gasteiger partial charge on any atom is 0.321 e. The van der Waals surface area contributed by atoms with Crippen molar-refractivity contribution in [3.63, 3.8) is 0 Å². The van der Waals surface area contributed by atoms with Gasteiger partial charge < -0.3 is 15.5 Å². The average Bonchev–Trinajstić information content (AvgIpc) is 2.59. The number of aliphatic hydroxyl groups is 1. The summed E-state index contributed by atoms with van der Waals surface area (Å²) in [6.07, 6.45) is 3.23. The Labute approximate surface area is 148 Å². The van der Waals surface area contributed by atoms with E-state index >= 15 is 0 Å². The SMILES string of the molecule is CNC(=O)NC(=O)CCN(Cc1cccc(O)c1)C1CCC(O)CC1. The third kappa shape index (κ3) is 6.36. The van der Waals surface area contributed by atoms with Gasteiger partial charge in [-0.05, 0) is 43.4 Å². The summed E-state index contributed by atoms with van der Waals surface area (Å²) in [4.78, 5) is 25.3. The highest BCUT2D eigenvalue weighted by molar-refractivity contribution is 5.94. The van der Waals surface area contributed by atoms with E-state index in [0.29, 0.717) is 13.1 Å². The lowest BCUT2D eigenvalue weighted by Crippen LogP contribution is -2.42. The first-order chi connectivity index (χ1) is 12.0. The molecule has 1 aliphatic carbocycles. The largest absolute Gasteiger partial charge is 0.508 e. The number of benzene rings is 1. The number of phenols is 1.